The van der Waals surface area contributed by atoms with Crippen molar-refractivity contribution in [2.45, 2.75) is 6.04 Å². The number of anilines is 1. The maximum Gasteiger partial charge on any atom is 0.182 e. The molecule has 21 heavy (non-hydrogen) atoms. The zero-order chi connectivity index (χ0) is 14.8. The van der Waals surface area contributed by atoms with Crippen molar-refractivity contribution in [1.82, 2.24) is 5.32 Å². The molecule has 1 fully saturated rings. The van der Waals surface area contributed by atoms with Crippen LogP contribution >= 0.6 is 0 Å². The third-order valence-electron chi connectivity index (χ3n) is 3.69. The summed E-state index contributed by atoms with van der Waals surface area (Å²) in [4.78, 5) is 1.68. The Hall–Kier alpha value is -2.01. The molecule has 1 heterocycles. The number of rotatable bonds is 2. The van der Waals surface area contributed by atoms with Gasteiger partial charge in [-0.1, -0.05) is 30.3 Å². The average molecular weight is 292 g/mol. The van der Waals surface area contributed by atoms with Crippen LogP contribution in [0, 0.1) is 17.5 Å². The highest BCUT2D eigenvalue weighted by atomic mass is 19.2. The molecule has 2 nitrogen and oxygen atoms in total. The van der Waals surface area contributed by atoms with Crippen LogP contribution in [0.2, 0.25) is 0 Å². The number of nitrogens with one attached hydrogen (secondary N) is 1. The third kappa shape index (κ3) is 2.88. The lowest BCUT2D eigenvalue weighted by Gasteiger charge is -2.35. The van der Waals surface area contributed by atoms with Gasteiger partial charge in [0.2, 0.25) is 0 Å². The van der Waals surface area contributed by atoms with E-state index in [1.807, 2.05) is 30.3 Å². The van der Waals surface area contributed by atoms with Crippen LogP contribution in [0.25, 0.3) is 0 Å². The summed E-state index contributed by atoms with van der Waals surface area (Å²) in [5.74, 6) is -2.91. The molecule has 0 bridgehead atoms. The molecular weight excluding hydrogens is 277 g/mol. The van der Waals surface area contributed by atoms with Crippen molar-refractivity contribution in [1.29, 1.82) is 0 Å². The van der Waals surface area contributed by atoms with Gasteiger partial charge < -0.3 is 10.2 Å². The van der Waals surface area contributed by atoms with E-state index in [0.717, 1.165) is 11.6 Å². The fraction of sp³-hybridized carbons (Fsp3) is 0.250. The summed E-state index contributed by atoms with van der Waals surface area (Å²) in [5, 5.41) is 3.33. The largest absolute Gasteiger partial charge is 0.366 e. The molecule has 1 unspecified atom stereocenters. The third-order valence-corrected chi connectivity index (χ3v) is 3.69. The highest BCUT2D eigenvalue weighted by molar-refractivity contribution is 5.49. The Bertz CT molecular complexity index is 631. The topological polar surface area (TPSA) is 15.3 Å². The predicted molar refractivity (Wildman–Crippen MR) is 75.7 cm³/mol. The molecule has 1 aliphatic rings. The Morgan fingerprint density at radius 3 is 2.57 bits per heavy atom. The van der Waals surface area contributed by atoms with Gasteiger partial charge in [-0.2, -0.15) is 0 Å². The molecule has 0 amide bonds. The van der Waals surface area contributed by atoms with E-state index in [-0.39, 0.29) is 11.7 Å². The molecule has 1 atom stereocenters. The molecule has 2 aromatic rings. The second-order valence-electron chi connectivity index (χ2n) is 5.08. The lowest BCUT2D eigenvalue weighted by molar-refractivity contribution is 0.453. The normalized spacial score (nSPS) is 18.8. The Balaban J connectivity index is 1.87. The van der Waals surface area contributed by atoms with Crippen molar-refractivity contribution in [2.75, 3.05) is 24.5 Å². The van der Waals surface area contributed by atoms with Crippen LogP contribution in [-0.2, 0) is 0 Å². The van der Waals surface area contributed by atoms with Crippen LogP contribution in [0.15, 0.2) is 42.5 Å². The number of hydrogen-bond acceptors (Lipinski definition) is 2. The summed E-state index contributed by atoms with van der Waals surface area (Å²) in [6.45, 7) is 1.59. The monoisotopic (exact) mass is 292 g/mol. The van der Waals surface area contributed by atoms with E-state index in [0.29, 0.717) is 25.7 Å². The number of benzene rings is 2. The molecule has 0 radical (unpaired) electrons. The first-order valence-corrected chi connectivity index (χ1v) is 6.83. The molecule has 1 saturated heterocycles. The average Bonchev–Trinajstić information content (AvgIpc) is 2.52. The van der Waals surface area contributed by atoms with Gasteiger partial charge in [0.15, 0.2) is 11.6 Å². The molecular formula is C16H15F3N2. The first-order chi connectivity index (χ1) is 10.1. The zero-order valence-corrected chi connectivity index (χ0v) is 11.3. The molecule has 110 valence electrons. The van der Waals surface area contributed by atoms with Crippen molar-refractivity contribution in [3.8, 4) is 0 Å². The summed E-state index contributed by atoms with van der Waals surface area (Å²) < 4.78 is 40.6. The van der Waals surface area contributed by atoms with Gasteiger partial charge in [0, 0.05) is 37.8 Å². The molecule has 3 rings (SSSR count). The summed E-state index contributed by atoms with van der Waals surface area (Å²) in [7, 11) is 0. The van der Waals surface area contributed by atoms with Gasteiger partial charge in [-0.05, 0) is 5.56 Å². The number of piperazine rings is 1. The van der Waals surface area contributed by atoms with E-state index in [1.54, 1.807) is 4.90 Å². The molecule has 0 aliphatic carbocycles. The van der Waals surface area contributed by atoms with E-state index >= 15 is 0 Å². The summed E-state index contributed by atoms with van der Waals surface area (Å²) in [6.07, 6.45) is 0. The second kappa shape index (κ2) is 5.77. The summed E-state index contributed by atoms with van der Waals surface area (Å²) >= 11 is 0. The van der Waals surface area contributed by atoms with E-state index in [1.165, 1.54) is 0 Å². The van der Waals surface area contributed by atoms with Gasteiger partial charge in [-0.25, -0.2) is 13.2 Å². The standard InChI is InChI=1S/C16H15F3N2/c17-12-8-13(18)16(19)15(9-12)21-7-6-20-14(10-21)11-4-2-1-3-5-11/h1-5,8-9,14,20H,6-7,10H2. The molecule has 0 saturated carbocycles. The highest BCUT2D eigenvalue weighted by Crippen LogP contribution is 2.27. The lowest BCUT2D eigenvalue weighted by atomic mass is 10.0. The first kappa shape index (κ1) is 13.9. The van der Waals surface area contributed by atoms with Crippen molar-refractivity contribution in [3.63, 3.8) is 0 Å². The van der Waals surface area contributed by atoms with Gasteiger partial charge in [0.1, 0.15) is 5.82 Å². The Labute approximate surface area is 121 Å². The quantitative estimate of drug-likeness (QED) is 0.855. The van der Waals surface area contributed by atoms with Crippen LogP contribution in [0.3, 0.4) is 0 Å². The van der Waals surface area contributed by atoms with Gasteiger partial charge in [-0.15, -0.1) is 0 Å². The number of nitrogens with zero attached hydrogens (tertiary/aromatic N) is 1. The van der Waals surface area contributed by atoms with Crippen molar-refractivity contribution in [3.05, 3.63) is 65.5 Å². The Kier molecular flexibility index (Phi) is 3.84. The number of hydrogen-bond donors (Lipinski definition) is 1. The van der Waals surface area contributed by atoms with Crippen LogP contribution < -0.4 is 10.2 Å². The molecule has 1 N–H and O–H groups in total. The van der Waals surface area contributed by atoms with E-state index in [9.17, 15) is 13.2 Å². The van der Waals surface area contributed by atoms with Crippen molar-refractivity contribution in [2.24, 2.45) is 0 Å². The molecule has 0 spiro atoms. The summed E-state index contributed by atoms with van der Waals surface area (Å²) in [6, 6.07) is 11.3. The molecule has 1 aliphatic heterocycles. The SMILES string of the molecule is Fc1cc(F)c(F)c(N2CCNC(c3ccccc3)C2)c1. The molecule has 0 aromatic heterocycles. The van der Waals surface area contributed by atoms with Gasteiger partial charge >= 0.3 is 0 Å². The first-order valence-electron chi connectivity index (χ1n) is 6.83. The van der Waals surface area contributed by atoms with Gasteiger partial charge in [0.05, 0.1) is 5.69 Å². The van der Waals surface area contributed by atoms with Crippen molar-refractivity contribution < 1.29 is 13.2 Å². The zero-order valence-electron chi connectivity index (χ0n) is 11.3. The summed E-state index contributed by atoms with van der Waals surface area (Å²) in [5.41, 5.74) is 1.05. The minimum atomic E-state index is -1.15. The maximum atomic E-state index is 13.9. The Morgan fingerprint density at radius 1 is 1.05 bits per heavy atom. The lowest BCUT2D eigenvalue weighted by Crippen LogP contribution is -2.46. The van der Waals surface area contributed by atoms with Crippen LogP contribution in [0.1, 0.15) is 11.6 Å². The fourth-order valence-electron chi connectivity index (χ4n) is 2.65. The number of halogens is 3. The molecule has 5 heteroatoms. The van der Waals surface area contributed by atoms with E-state index in [2.05, 4.69) is 5.32 Å². The van der Waals surface area contributed by atoms with E-state index < -0.39 is 17.5 Å². The van der Waals surface area contributed by atoms with Gasteiger partial charge in [-0.3, -0.25) is 0 Å². The predicted octanol–water partition coefficient (Wildman–Crippen LogP) is 3.25. The highest BCUT2D eigenvalue weighted by Gasteiger charge is 2.24. The molecule has 2 aromatic carbocycles. The van der Waals surface area contributed by atoms with Gasteiger partial charge in [0.25, 0.3) is 0 Å². The van der Waals surface area contributed by atoms with Crippen LogP contribution in [-0.4, -0.2) is 19.6 Å². The fourth-order valence-corrected chi connectivity index (χ4v) is 2.65. The second-order valence-corrected chi connectivity index (χ2v) is 5.08. The van der Waals surface area contributed by atoms with E-state index in [4.69, 9.17) is 0 Å². The maximum absolute atomic E-state index is 13.9. The minimum Gasteiger partial charge on any atom is -0.366 e. The van der Waals surface area contributed by atoms with Crippen LogP contribution in [0.5, 0.6) is 0 Å². The smallest absolute Gasteiger partial charge is 0.182 e. The van der Waals surface area contributed by atoms with Crippen molar-refractivity contribution >= 4 is 5.69 Å². The Morgan fingerprint density at radius 2 is 1.81 bits per heavy atom. The minimum absolute atomic E-state index is 0.00526. The van der Waals surface area contributed by atoms with Crippen LogP contribution in [0.4, 0.5) is 18.9 Å².